The number of aryl methyl sites for hydroxylation is 1. The van der Waals surface area contributed by atoms with Gasteiger partial charge in [-0.05, 0) is 42.8 Å². The van der Waals surface area contributed by atoms with E-state index < -0.39 is 11.6 Å². The maximum atomic E-state index is 13.4. The van der Waals surface area contributed by atoms with Crippen LogP contribution in [0.15, 0.2) is 40.9 Å². The zero-order valence-electron chi connectivity index (χ0n) is 11.9. The minimum Gasteiger partial charge on any atom is -0.380 e. The third-order valence-electron chi connectivity index (χ3n) is 3.08. The highest BCUT2D eigenvalue weighted by Crippen LogP contribution is 2.20. The van der Waals surface area contributed by atoms with Gasteiger partial charge < -0.3 is 10.6 Å². The van der Waals surface area contributed by atoms with Crippen LogP contribution in [0.1, 0.15) is 12.0 Å². The molecular formula is C16H15BrF2N2O. The molecule has 0 radical (unpaired) electrons. The van der Waals surface area contributed by atoms with Gasteiger partial charge in [-0.25, -0.2) is 8.78 Å². The van der Waals surface area contributed by atoms with Crippen LogP contribution < -0.4 is 10.6 Å². The van der Waals surface area contributed by atoms with Gasteiger partial charge in [0.2, 0.25) is 5.91 Å². The number of anilines is 2. The average molecular weight is 369 g/mol. The lowest BCUT2D eigenvalue weighted by atomic mass is 10.2. The molecule has 0 aliphatic rings. The maximum Gasteiger partial charge on any atom is 0.226 e. The Morgan fingerprint density at radius 3 is 2.50 bits per heavy atom. The number of para-hydroxylation sites is 1. The Morgan fingerprint density at radius 2 is 1.86 bits per heavy atom. The Balaban J connectivity index is 1.88. The molecule has 116 valence electrons. The quantitative estimate of drug-likeness (QED) is 0.816. The zero-order chi connectivity index (χ0) is 16.1. The van der Waals surface area contributed by atoms with Gasteiger partial charge in [0.1, 0.15) is 17.3 Å². The van der Waals surface area contributed by atoms with Gasteiger partial charge in [-0.3, -0.25) is 4.79 Å². The van der Waals surface area contributed by atoms with E-state index in [4.69, 9.17) is 0 Å². The lowest BCUT2D eigenvalue weighted by molar-refractivity contribution is -0.115. The molecule has 1 amide bonds. The van der Waals surface area contributed by atoms with Crippen molar-refractivity contribution in [2.24, 2.45) is 0 Å². The second-order valence-electron chi connectivity index (χ2n) is 4.78. The maximum absolute atomic E-state index is 13.4. The predicted octanol–water partition coefficient (Wildman–Crippen LogP) is 4.48. The van der Waals surface area contributed by atoms with Gasteiger partial charge in [0.25, 0.3) is 0 Å². The molecular weight excluding hydrogens is 354 g/mol. The first-order chi connectivity index (χ1) is 10.5. The van der Waals surface area contributed by atoms with Gasteiger partial charge in [0.05, 0.1) is 0 Å². The number of amides is 1. The van der Waals surface area contributed by atoms with Crippen molar-refractivity contribution in [2.75, 3.05) is 17.2 Å². The van der Waals surface area contributed by atoms with Crippen LogP contribution in [0.5, 0.6) is 0 Å². The Hall–Kier alpha value is -1.95. The molecule has 2 aromatic rings. The van der Waals surface area contributed by atoms with Crippen LogP contribution >= 0.6 is 15.9 Å². The predicted molar refractivity (Wildman–Crippen MR) is 87.0 cm³/mol. The second kappa shape index (κ2) is 7.35. The Labute approximate surface area is 135 Å². The molecule has 0 aliphatic heterocycles. The lowest BCUT2D eigenvalue weighted by Crippen LogP contribution is -2.17. The van der Waals surface area contributed by atoms with Crippen LogP contribution in [-0.2, 0) is 4.79 Å². The van der Waals surface area contributed by atoms with Crippen molar-refractivity contribution in [3.8, 4) is 0 Å². The molecule has 0 aromatic heterocycles. The fraction of sp³-hybridized carbons (Fsp3) is 0.188. The third kappa shape index (κ3) is 4.27. The standard InChI is InChI=1S/C16H15BrF2N2O/c1-10-9-11(17)5-6-14(10)21-15(22)7-8-20-16-12(18)3-2-4-13(16)19/h2-6,9,20H,7-8H2,1H3,(H,21,22). The largest absolute Gasteiger partial charge is 0.380 e. The van der Waals surface area contributed by atoms with Gasteiger partial charge in [-0.15, -0.1) is 0 Å². The van der Waals surface area contributed by atoms with Gasteiger partial charge >= 0.3 is 0 Å². The van der Waals surface area contributed by atoms with Crippen LogP contribution in [0.3, 0.4) is 0 Å². The van der Waals surface area contributed by atoms with Gasteiger partial charge in [0, 0.05) is 23.1 Å². The number of hydrogen-bond donors (Lipinski definition) is 2. The van der Waals surface area contributed by atoms with Crippen LogP contribution in [0.25, 0.3) is 0 Å². The van der Waals surface area contributed by atoms with E-state index in [1.165, 1.54) is 6.07 Å². The monoisotopic (exact) mass is 368 g/mol. The van der Waals surface area contributed by atoms with Crippen LogP contribution in [0.4, 0.5) is 20.2 Å². The molecule has 0 saturated carbocycles. The molecule has 0 atom stereocenters. The first-order valence-corrected chi connectivity index (χ1v) is 7.50. The Bertz CT molecular complexity index is 672. The van der Waals surface area contributed by atoms with E-state index in [0.717, 1.165) is 22.2 Å². The third-order valence-corrected chi connectivity index (χ3v) is 3.57. The highest BCUT2D eigenvalue weighted by Gasteiger charge is 2.09. The SMILES string of the molecule is Cc1cc(Br)ccc1NC(=O)CCNc1c(F)cccc1F. The average Bonchev–Trinajstić information content (AvgIpc) is 2.45. The van der Waals surface area contributed by atoms with E-state index in [0.29, 0.717) is 5.69 Å². The summed E-state index contributed by atoms with van der Waals surface area (Å²) >= 11 is 3.35. The van der Waals surface area contributed by atoms with Crippen LogP contribution in [0.2, 0.25) is 0 Å². The van der Waals surface area contributed by atoms with E-state index in [-0.39, 0.29) is 24.6 Å². The van der Waals surface area contributed by atoms with Gasteiger partial charge in [0.15, 0.2) is 0 Å². The van der Waals surface area contributed by atoms with E-state index in [1.807, 2.05) is 19.1 Å². The molecule has 0 fully saturated rings. The zero-order valence-corrected chi connectivity index (χ0v) is 13.5. The van der Waals surface area contributed by atoms with Crippen molar-refractivity contribution in [1.29, 1.82) is 0 Å². The van der Waals surface area contributed by atoms with Crippen LogP contribution in [-0.4, -0.2) is 12.5 Å². The van der Waals surface area contributed by atoms with Crippen molar-refractivity contribution in [3.05, 3.63) is 58.1 Å². The summed E-state index contributed by atoms with van der Waals surface area (Å²) < 4.78 is 27.7. The van der Waals surface area contributed by atoms with Crippen molar-refractivity contribution in [1.82, 2.24) is 0 Å². The number of carbonyl (C=O) groups excluding carboxylic acids is 1. The summed E-state index contributed by atoms with van der Waals surface area (Å²) in [7, 11) is 0. The molecule has 2 N–H and O–H groups in total. The molecule has 0 spiro atoms. The summed E-state index contributed by atoms with van der Waals surface area (Å²) in [5.74, 6) is -1.58. The number of hydrogen-bond acceptors (Lipinski definition) is 2. The molecule has 6 heteroatoms. The molecule has 0 aliphatic carbocycles. The number of carbonyl (C=O) groups is 1. The molecule has 2 aromatic carbocycles. The molecule has 0 bridgehead atoms. The number of benzene rings is 2. The summed E-state index contributed by atoms with van der Waals surface area (Å²) in [4.78, 5) is 11.9. The smallest absolute Gasteiger partial charge is 0.226 e. The van der Waals surface area contributed by atoms with E-state index in [2.05, 4.69) is 26.6 Å². The van der Waals surface area contributed by atoms with E-state index >= 15 is 0 Å². The molecule has 0 unspecified atom stereocenters. The fourth-order valence-corrected chi connectivity index (χ4v) is 2.42. The Morgan fingerprint density at radius 1 is 1.18 bits per heavy atom. The van der Waals surface area contributed by atoms with E-state index in [1.54, 1.807) is 6.07 Å². The normalized spacial score (nSPS) is 10.4. The van der Waals surface area contributed by atoms with Crippen molar-refractivity contribution in [2.45, 2.75) is 13.3 Å². The molecule has 0 saturated heterocycles. The second-order valence-corrected chi connectivity index (χ2v) is 5.70. The van der Waals surface area contributed by atoms with Gasteiger partial charge in [-0.2, -0.15) is 0 Å². The van der Waals surface area contributed by atoms with Crippen molar-refractivity contribution in [3.63, 3.8) is 0 Å². The number of nitrogens with one attached hydrogen (secondary N) is 2. The van der Waals surface area contributed by atoms with Crippen molar-refractivity contribution < 1.29 is 13.6 Å². The summed E-state index contributed by atoms with van der Waals surface area (Å²) in [6.07, 6.45) is 0.100. The van der Waals surface area contributed by atoms with E-state index in [9.17, 15) is 13.6 Å². The molecule has 22 heavy (non-hydrogen) atoms. The summed E-state index contributed by atoms with van der Waals surface area (Å²) in [6, 6.07) is 9.13. The lowest BCUT2D eigenvalue weighted by Gasteiger charge is -2.10. The summed E-state index contributed by atoms with van der Waals surface area (Å²) in [5.41, 5.74) is 1.43. The summed E-state index contributed by atoms with van der Waals surface area (Å²) in [6.45, 7) is 2.02. The highest BCUT2D eigenvalue weighted by atomic mass is 79.9. The number of rotatable bonds is 5. The van der Waals surface area contributed by atoms with Crippen molar-refractivity contribution >= 4 is 33.2 Å². The fourth-order valence-electron chi connectivity index (χ4n) is 1.95. The minimum absolute atomic E-state index is 0.100. The minimum atomic E-state index is -0.677. The van der Waals surface area contributed by atoms with Crippen LogP contribution in [0, 0.1) is 18.6 Å². The topological polar surface area (TPSA) is 41.1 Å². The molecule has 2 rings (SSSR count). The first kappa shape index (κ1) is 16.4. The molecule has 3 nitrogen and oxygen atoms in total. The molecule has 0 heterocycles. The highest BCUT2D eigenvalue weighted by molar-refractivity contribution is 9.10. The Kier molecular flexibility index (Phi) is 5.49. The summed E-state index contributed by atoms with van der Waals surface area (Å²) in [5, 5.41) is 5.37. The van der Waals surface area contributed by atoms with Gasteiger partial charge in [-0.1, -0.05) is 22.0 Å². The number of halogens is 3. The first-order valence-electron chi connectivity index (χ1n) is 6.71.